The van der Waals surface area contributed by atoms with Crippen molar-refractivity contribution >= 4 is 35.0 Å². The predicted molar refractivity (Wildman–Crippen MR) is 134 cm³/mol. The molecule has 2 aromatic carbocycles. The molecule has 0 radical (unpaired) electrons. The summed E-state index contributed by atoms with van der Waals surface area (Å²) in [6.45, 7) is 6.02. The first-order valence-corrected chi connectivity index (χ1v) is 11.9. The Balaban J connectivity index is 1.65. The van der Waals surface area contributed by atoms with Crippen LogP contribution in [0.4, 0.5) is 11.4 Å². The number of nitrogens with zero attached hydrogens (tertiary/aromatic N) is 1. The number of primary amides is 1. The Kier molecular flexibility index (Phi) is 7.04. The van der Waals surface area contributed by atoms with E-state index in [1.807, 2.05) is 24.3 Å². The maximum Gasteiger partial charge on any atom is 0.255 e. The minimum atomic E-state index is -0.408. The summed E-state index contributed by atoms with van der Waals surface area (Å²) >= 11 is 0. The third kappa shape index (κ3) is 5.06. The zero-order chi connectivity index (χ0) is 23.4. The molecule has 4 rings (SSSR count). The van der Waals surface area contributed by atoms with Gasteiger partial charge in [-0.15, -0.1) is 0 Å². The average molecular weight is 445 g/mol. The Hall–Kier alpha value is -3.25. The minimum absolute atomic E-state index is 0.0814. The molecule has 6 nitrogen and oxygen atoms in total. The first-order valence-electron chi connectivity index (χ1n) is 11.9. The van der Waals surface area contributed by atoms with Gasteiger partial charge in [-0.25, -0.2) is 0 Å². The summed E-state index contributed by atoms with van der Waals surface area (Å²) in [6.07, 6.45) is 6.27. The van der Waals surface area contributed by atoms with Gasteiger partial charge in [-0.3, -0.25) is 14.6 Å². The number of amides is 2. The lowest BCUT2D eigenvalue weighted by atomic mass is 9.86. The van der Waals surface area contributed by atoms with Crippen LogP contribution in [-0.4, -0.2) is 24.1 Å². The van der Waals surface area contributed by atoms with Crippen LogP contribution in [0.15, 0.2) is 47.0 Å². The fraction of sp³-hybridized carbons (Fsp3) is 0.370. The zero-order valence-electron chi connectivity index (χ0n) is 19.4. The van der Waals surface area contributed by atoms with Crippen molar-refractivity contribution in [2.75, 3.05) is 11.9 Å². The number of carbonyl (C=O) groups excluding carboxylic acids is 2. The molecule has 0 aliphatic carbocycles. The first kappa shape index (κ1) is 22.9. The van der Waals surface area contributed by atoms with E-state index in [9.17, 15) is 9.59 Å². The summed E-state index contributed by atoms with van der Waals surface area (Å²) in [4.78, 5) is 30.2. The molecule has 0 saturated heterocycles. The fourth-order valence-corrected chi connectivity index (χ4v) is 4.68. The summed E-state index contributed by atoms with van der Waals surface area (Å²) in [5.41, 5.74) is 12.7. The second kappa shape index (κ2) is 10.1. The normalized spacial score (nSPS) is 17.2. The minimum Gasteiger partial charge on any atom is -0.366 e. The quantitative estimate of drug-likeness (QED) is 0.575. The van der Waals surface area contributed by atoms with Crippen molar-refractivity contribution in [2.24, 2.45) is 16.6 Å². The number of hydrogen-bond donors (Lipinski definition) is 3. The molecule has 172 valence electrons. The topological polar surface area (TPSA) is 96.6 Å². The van der Waals surface area contributed by atoms with E-state index < -0.39 is 5.91 Å². The van der Waals surface area contributed by atoms with Gasteiger partial charge >= 0.3 is 0 Å². The van der Waals surface area contributed by atoms with Crippen LogP contribution in [0.5, 0.6) is 0 Å². The lowest BCUT2D eigenvalue weighted by molar-refractivity contribution is -0.114. The van der Waals surface area contributed by atoms with Crippen molar-refractivity contribution in [3.8, 4) is 0 Å². The molecule has 6 heteroatoms. The van der Waals surface area contributed by atoms with Gasteiger partial charge < -0.3 is 16.4 Å². The Morgan fingerprint density at radius 2 is 1.97 bits per heavy atom. The highest BCUT2D eigenvalue weighted by atomic mass is 16.2. The second-order valence-corrected chi connectivity index (χ2v) is 8.80. The summed E-state index contributed by atoms with van der Waals surface area (Å²) in [6, 6.07) is 11.5. The van der Waals surface area contributed by atoms with Crippen LogP contribution in [0.25, 0.3) is 6.08 Å². The number of nitrogens with one attached hydrogen (secondary N) is 2. The van der Waals surface area contributed by atoms with E-state index in [0.29, 0.717) is 16.8 Å². The number of fused-ring (bicyclic) bond motifs is 2. The van der Waals surface area contributed by atoms with Crippen molar-refractivity contribution in [3.05, 3.63) is 64.2 Å². The number of nitrogens with two attached hydrogens (primary N) is 1. The standard InChI is InChI=1S/C27H32N4O2/c1-3-5-22-23(26(28)32)14-18-7-8-19(15-25(18)31-24(22)6-4-2)27(33)30-21-10-9-20-16-29-12-11-17(20)13-21/h7-10,13-15,22,29H,3-6,11-12,16H2,1-2H3,(H2,28,32)(H,30,33). The van der Waals surface area contributed by atoms with Crippen LogP contribution in [0.2, 0.25) is 0 Å². The second-order valence-electron chi connectivity index (χ2n) is 8.80. The van der Waals surface area contributed by atoms with Crippen molar-refractivity contribution in [1.29, 1.82) is 0 Å². The van der Waals surface area contributed by atoms with Gasteiger partial charge in [-0.2, -0.15) is 0 Å². The van der Waals surface area contributed by atoms with Gasteiger partial charge in [0, 0.05) is 40.6 Å². The molecular formula is C27H32N4O2. The summed E-state index contributed by atoms with van der Waals surface area (Å²) in [5.74, 6) is -0.663. The Bertz CT molecular complexity index is 1130. The van der Waals surface area contributed by atoms with Gasteiger partial charge in [0.1, 0.15) is 0 Å². The Morgan fingerprint density at radius 3 is 2.73 bits per heavy atom. The van der Waals surface area contributed by atoms with Crippen LogP contribution in [0.1, 0.15) is 66.6 Å². The van der Waals surface area contributed by atoms with Crippen LogP contribution in [0, 0.1) is 5.92 Å². The van der Waals surface area contributed by atoms with Gasteiger partial charge in [0.2, 0.25) is 5.91 Å². The van der Waals surface area contributed by atoms with Crippen molar-refractivity contribution in [3.63, 3.8) is 0 Å². The van der Waals surface area contributed by atoms with E-state index in [0.717, 1.165) is 62.2 Å². The van der Waals surface area contributed by atoms with Gasteiger partial charge in [-0.05, 0) is 67.3 Å². The van der Waals surface area contributed by atoms with Gasteiger partial charge in [0.15, 0.2) is 0 Å². The SMILES string of the molecule is CCCC1=Nc2cc(C(=O)Nc3ccc4c(c3)CCNC4)ccc2C=C(C(N)=O)C1CCC. The molecule has 1 unspecified atom stereocenters. The maximum atomic E-state index is 13.0. The van der Waals surface area contributed by atoms with Gasteiger partial charge in [-0.1, -0.05) is 38.8 Å². The zero-order valence-corrected chi connectivity index (χ0v) is 19.4. The molecule has 4 N–H and O–H groups in total. The largest absolute Gasteiger partial charge is 0.366 e. The smallest absolute Gasteiger partial charge is 0.255 e. The fourth-order valence-electron chi connectivity index (χ4n) is 4.68. The van der Waals surface area contributed by atoms with E-state index in [4.69, 9.17) is 10.7 Å². The Morgan fingerprint density at radius 1 is 1.12 bits per heavy atom. The van der Waals surface area contributed by atoms with Crippen LogP contribution >= 0.6 is 0 Å². The first-order chi connectivity index (χ1) is 16.0. The molecule has 0 saturated carbocycles. The van der Waals surface area contributed by atoms with Crippen LogP contribution < -0.4 is 16.4 Å². The molecule has 0 bridgehead atoms. The number of rotatable bonds is 7. The number of anilines is 1. The monoisotopic (exact) mass is 444 g/mol. The lowest BCUT2D eigenvalue weighted by Crippen LogP contribution is -2.25. The summed E-state index contributed by atoms with van der Waals surface area (Å²) < 4.78 is 0. The number of benzene rings is 2. The highest BCUT2D eigenvalue weighted by molar-refractivity contribution is 6.09. The Labute approximate surface area is 195 Å². The highest BCUT2D eigenvalue weighted by Gasteiger charge is 2.26. The molecule has 1 atom stereocenters. The molecule has 0 aromatic heterocycles. The molecule has 2 aromatic rings. The molecule has 2 heterocycles. The summed E-state index contributed by atoms with van der Waals surface area (Å²) in [5, 5.41) is 6.39. The molecule has 33 heavy (non-hydrogen) atoms. The van der Waals surface area contributed by atoms with E-state index >= 15 is 0 Å². The lowest BCUT2D eigenvalue weighted by Gasteiger charge is -2.18. The predicted octanol–water partition coefficient (Wildman–Crippen LogP) is 4.76. The van der Waals surface area contributed by atoms with E-state index in [-0.39, 0.29) is 11.8 Å². The maximum absolute atomic E-state index is 13.0. The number of carbonyl (C=O) groups is 2. The van der Waals surface area contributed by atoms with E-state index in [1.165, 1.54) is 11.1 Å². The molecule has 2 amide bonds. The highest BCUT2D eigenvalue weighted by Crippen LogP contribution is 2.34. The molecule has 0 spiro atoms. The van der Waals surface area contributed by atoms with Crippen LogP contribution in [0.3, 0.4) is 0 Å². The third-order valence-electron chi connectivity index (χ3n) is 6.36. The molecule has 2 aliphatic rings. The van der Waals surface area contributed by atoms with Crippen molar-refractivity contribution in [1.82, 2.24) is 5.32 Å². The number of aliphatic imine (C=N–C) groups is 1. The van der Waals surface area contributed by atoms with Gasteiger partial charge in [0.05, 0.1) is 5.69 Å². The molecule has 2 aliphatic heterocycles. The summed E-state index contributed by atoms with van der Waals surface area (Å²) in [7, 11) is 0. The van der Waals surface area contributed by atoms with Gasteiger partial charge in [0.25, 0.3) is 5.91 Å². The van der Waals surface area contributed by atoms with E-state index in [2.05, 4.69) is 36.6 Å². The third-order valence-corrected chi connectivity index (χ3v) is 6.36. The average Bonchev–Trinajstić information content (AvgIpc) is 2.96. The van der Waals surface area contributed by atoms with Crippen molar-refractivity contribution < 1.29 is 9.59 Å². The van der Waals surface area contributed by atoms with Crippen molar-refractivity contribution in [2.45, 2.75) is 52.5 Å². The molecule has 0 fully saturated rings. The molecular weight excluding hydrogens is 412 g/mol. The number of hydrogen-bond acceptors (Lipinski definition) is 4. The van der Waals surface area contributed by atoms with Crippen LogP contribution in [-0.2, 0) is 17.8 Å². The van der Waals surface area contributed by atoms with E-state index in [1.54, 1.807) is 6.07 Å².